The molecule has 1 saturated carbocycles. The summed E-state index contributed by atoms with van der Waals surface area (Å²) in [4.78, 5) is 2.69. The van der Waals surface area contributed by atoms with Gasteiger partial charge in [0.2, 0.25) is 0 Å². The Morgan fingerprint density at radius 2 is 1.87 bits per heavy atom. The molecule has 0 radical (unpaired) electrons. The Morgan fingerprint density at radius 3 is 2.53 bits per heavy atom. The second-order valence-corrected chi connectivity index (χ2v) is 5.80. The molecule has 1 aliphatic carbocycles. The predicted molar refractivity (Wildman–Crippen MR) is 62.9 cm³/mol. The van der Waals surface area contributed by atoms with Crippen molar-refractivity contribution in [2.75, 3.05) is 19.7 Å². The molecule has 0 aromatic carbocycles. The SMILES string of the molecule is CC1(CO)CCCN(C2CCCC2)CC1. The maximum absolute atomic E-state index is 9.41. The summed E-state index contributed by atoms with van der Waals surface area (Å²) in [6, 6.07) is 0.867. The van der Waals surface area contributed by atoms with E-state index in [1.54, 1.807) is 0 Å². The van der Waals surface area contributed by atoms with Crippen LogP contribution >= 0.6 is 0 Å². The normalized spacial score (nSPS) is 35.6. The minimum Gasteiger partial charge on any atom is -0.396 e. The lowest BCUT2D eigenvalue weighted by Gasteiger charge is -2.28. The van der Waals surface area contributed by atoms with Gasteiger partial charge < -0.3 is 10.0 Å². The number of rotatable bonds is 2. The number of nitrogens with zero attached hydrogens (tertiary/aromatic N) is 1. The Labute approximate surface area is 93.7 Å². The van der Waals surface area contributed by atoms with Crippen molar-refractivity contribution < 1.29 is 5.11 Å². The van der Waals surface area contributed by atoms with Crippen LogP contribution in [0, 0.1) is 5.41 Å². The van der Waals surface area contributed by atoms with E-state index in [2.05, 4.69) is 11.8 Å². The Kier molecular flexibility index (Phi) is 3.68. The van der Waals surface area contributed by atoms with Gasteiger partial charge in [-0.2, -0.15) is 0 Å². The van der Waals surface area contributed by atoms with Crippen LogP contribution in [0.25, 0.3) is 0 Å². The van der Waals surface area contributed by atoms with E-state index in [0.717, 1.165) is 6.04 Å². The van der Waals surface area contributed by atoms with Gasteiger partial charge in [0.25, 0.3) is 0 Å². The van der Waals surface area contributed by atoms with Gasteiger partial charge in [-0.25, -0.2) is 0 Å². The molecule has 88 valence electrons. The third-order valence-corrected chi connectivity index (χ3v) is 4.45. The number of likely N-dealkylation sites (tertiary alicyclic amines) is 1. The number of hydrogen-bond donors (Lipinski definition) is 1. The van der Waals surface area contributed by atoms with Gasteiger partial charge in [0, 0.05) is 12.6 Å². The highest BCUT2D eigenvalue weighted by atomic mass is 16.3. The lowest BCUT2D eigenvalue weighted by Crippen LogP contribution is -2.34. The first-order chi connectivity index (χ1) is 7.23. The maximum atomic E-state index is 9.41. The summed E-state index contributed by atoms with van der Waals surface area (Å²) in [5.41, 5.74) is 0.202. The van der Waals surface area contributed by atoms with E-state index in [4.69, 9.17) is 0 Å². The van der Waals surface area contributed by atoms with E-state index in [9.17, 15) is 5.11 Å². The second kappa shape index (κ2) is 4.84. The van der Waals surface area contributed by atoms with Crippen LogP contribution in [0.3, 0.4) is 0 Å². The van der Waals surface area contributed by atoms with Gasteiger partial charge in [0.15, 0.2) is 0 Å². The summed E-state index contributed by atoms with van der Waals surface area (Å²) in [6.07, 6.45) is 9.34. The molecular formula is C13H25NO. The first-order valence-corrected chi connectivity index (χ1v) is 6.58. The van der Waals surface area contributed by atoms with E-state index in [1.165, 1.54) is 58.0 Å². The van der Waals surface area contributed by atoms with Crippen LogP contribution in [0.4, 0.5) is 0 Å². The summed E-state index contributed by atoms with van der Waals surface area (Å²) in [5.74, 6) is 0. The molecule has 1 heterocycles. The molecule has 2 fully saturated rings. The highest BCUT2D eigenvalue weighted by Crippen LogP contribution is 2.33. The minimum absolute atomic E-state index is 0.202. The third-order valence-electron chi connectivity index (χ3n) is 4.45. The fourth-order valence-corrected chi connectivity index (χ4v) is 3.15. The molecule has 1 N–H and O–H groups in total. The zero-order chi connectivity index (χ0) is 10.7. The molecule has 0 amide bonds. The topological polar surface area (TPSA) is 23.5 Å². The fraction of sp³-hybridized carbons (Fsp3) is 1.00. The van der Waals surface area contributed by atoms with E-state index in [-0.39, 0.29) is 5.41 Å². The first kappa shape index (κ1) is 11.4. The van der Waals surface area contributed by atoms with Crippen molar-refractivity contribution in [2.24, 2.45) is 5.41 Å². The molecule has 1 saturated heterocycles. The number of aliphatic hydroxyl groups excluding tert-OH is 1. The van der Waals surface area contributed by atoms with Crippen molar-refractivity contribution >= 4 is 0 Å². The zero-order valence-electron chi connectivity index (χ0n) is 10.0. The van der Waals surface area contributed by atoms with Gasteiger partial charge >= 0.3 is 0 Å². The standard InChI is InChI=1S/C13H25NO/c1-13(11-15)7-4-9-14(10-8-13)12-5-2-3-6-12/h12,15H,2-11H2,1H3. The Hall–Kier alpha value is -0.0800. The van der Waals surface area contributed by atoms with E-state index in [0.29, 0.717) is 6.61 Å². The van der Waals surface area contributed by atoms with Crippen molar-refractivity contribution in [1.82, 2.24) is 4.90 Å². The van der Waals surface area contributed by atoms with Crippen LogP contribution in [-0.4, -0.2) is 35.7 Å². The Bertz CT molecular complexity index is 201. The van der Waals surface area contributed by atoms with E-state index >= 15 is 0 Å². The van der Waals surface area contributed by atoms with Gasteiger partial charge in [-0.05, 0) is 50.6 Å². The van der Waals surface area contributed by atoms with Crippen LogP contribution in [0.1, 0.15) is 51.9 Å². The Balaban J connectivity index is 1.89. The minimum atomic E-state index is 0.202. The lowest BCUT2D eigenvalue weighted by atomic mass is 9.84. The van der Waals surface area contributed by atoms with Crippen molar-refractivity contribution in [3.8, 4) is 0 Å². The van der Waals surface area contributed by atoms with E-state index in [1.807, 2.05) is 0 Å². The molecule has 2 aliphatic rings. The quantitative estimate of drug-likeness (QED) is 0.758. The van der Waals surface area contributed by atoms with Crippen molar-refractivity contribution in [3.05, 3.63) is 0 Å². The van der Waals surface area contributed by atoms with Crippen LogP contribution in [0.5, 0.6) is 0 Å². The van der Waals surface area contributed by atoms with Gasteiger partial charge in [-0.1, -0.05) is 19.8 Å². The summed E-state index contributed by atoms with van der Waals surface area (Å²) in [5, 5.41) is 9.41. The van der Waals surface area contributed by atoms with Crippen molar-refractivity contribution in [2.45, 2.75) is 57.9 Å². The summed E-state index contributed by atoms with van der Waals surface area (Å²) < 4.78 is 0. The zero-order valence-corrected chi connectivity index (χ0v) is 10.0. The van der Waals surface area contributed by atoms with Crippen molar-refractivity contribution in [1.29, 1.82) is 0 Å². The molecule has 15 heavy (non-hydrogen) atoms. The first-order valence-electron chi connectivity index (χ1n) is 6.58. The summed E-state index contributed by atoms with van der Waals surface area (Å²) in [7, 11) is 0. The number of hydrogen-bond acceptors (Lipinski definition) is 2. The molecule has 0 spiro atoms. The largest absolute Gasteiger partial charge is 0.396 e. The molecule has 2 heteroatoms. The smallest absolute Gasteiger partial charge is 0.0485 e. The second-order valence-electron chi connectivity index (χ2n) is 5.80. The van der Waals surface area contributed by atoms with Crippen molar-refractivity contribution in [3.63, 3.8) is 0 Å². The van der Waals surface area contributed by atoms with Gasteiger partial charge in [-0.3, -0.25) is 0 Å². The van der Waals surface area contributed by atoms with Gasteiger partial charge in [0.05, 0.1) is 0 Å². The van der Waals surface area contributed by atoms with Crippen LogP contribution in [0.15, 0.2) is 0 Å². The van der Waals surface area contributed by atoms with Crippen LogP contribution in [-0.2, 0) is 0 Å². The fourth-order valence-electron chi connectivity index (χ4n) is 3.15. The van der Waals surface area contributed by atoms with Crippen LogP contribution < -0.4 is 0 Å². The molecule has 0 bridgehead atoms. The molecule has 0 aromatic heterocycles. The van der Waals surface area contributed by atoms with Gasteiger partial charge in [0.1, 0.15) is 0 Å². The summed E-state index contributed by atoms with van der Waals surface area (Å²) in [6.45, 7) is 5.08. The molecule has 0 aromatic rings. The predicted octanol–water partition coefficient (Wildman–Crippen LogP) is 2.41. The molecular weight excluding hydrogens is 186 g/mol. The molecule has 1 atom stereocenters. The highest BCUT2D eigenvalue weighted by Gasteiger charge is 2.30. The molecule has 2 nitrogen and oxygen atoms in total. The average molecular weight is 211 g/mol. The maximum Gasteiger partial charge on any atom is 0.0485 e. The van der Waals surface area contributed by atoms with Crippen LogP contribution in [0.2, 0.25) is 0 Å². The molecule has 1 aliphatic heterocycles. The Morgan fingerprint density at radius 1 is 1.13 bits per heavy atom. The molecule has 2 rings (SSSR count). The lowest BCUT2D eigenvalue weighted by molar-refractivity contribution is 0.120. The number of aliphatic hydroxyl groups is 1. The third kappa shape index (κ3) is 2.73. The highest BCUT2D eigenvalue weighted by molar-refractivity contribution is 4.84. The monoisotopic (exact) mass is 211 g/mol. The van der Waals surface area contributed by atoms with E-state index < -0.39 is 0 Å². The van der Waals surface area contributed by atoms with Gasteiger partial charge in [-0.15, -0.1) is 0 Å². The summed E-state index contributed by atoms with van der Waals surface area (Å²) >= 11 is 0. The average Bonchev–Trinajstić information content (AvgIpc) is 2.70. The molecule has 1 unspecified atom stereocenters.